The van der Waals surface area contributed by atoms with Crippen molar-refractivity contribution < 1.29 is 0 Å². The van der Waals surface area contributed by atoms with Crippen LogP contribution in [0.2, 0.25) is 10.0 Å². The molecule has 0 N–H and O–H groups in total. The molecule has 4 aromatic rings. The van der Waals surface area contributed by atoms with E-state index in [0.717, 1.165) is 41.7 Å². The van der Waals surface area contributed by atoms with Crippen molar-refractivity contribution in [3.05, 3.63) is 99.7 Å². The summed E-state index contributed by atoms with van der Waals surface area (Å²) in [6.45, 7) is 2.98. The van der Waals surface area contributed by atoms with Gasteiger partial charge in [0.1, 0.15) is 0 Å². The average Bonchev–Trinajstić information content (AvgIpc) is 3.06. The molecule has 31 heavy (non-hydrogen) atoms. The fourth-order valence-electron chi connectivity index (χ4n) is 4.55. The van der Waals surface area contributed by atoms with Gasteiger partial charge in [-0.05, 0) is 58.7 Å². The molecule has 0 bridgehead atoms. The summed E-state index contributed by atoms with van der Waals surface area (Å²) in [4.78, 5) is 2.51. The second-order valence-corrected chi connectivity index (χ2v) is 9.04. The molecule has 0 saturated carbocycles. The Balaban J connectivity index is 1.41. The van der Waals surface area contributed by atoms with Crippen LogP contribution in [0.4, 0.5) is 0 Å². The maximum absolute atomic E-state index is 6.23. The van der Waals surface area contributed by atoms with E-state index in [2.05, 4.69) is 65.1 Å². The Labute approximate surface area is 193 Å². The number of hydrogen-bond donors (Lipinski definition) is 0. The van der Waals surface area contributed by atoms with E-state index >= 15 is 0 Å². The van der Waals surface area contributed by atoms with Crippen LogP contribution in [0, 0.1) is 0 Å². The third-order valence-corrected chi connectivity index (χ3v) is 6.67. The SMILES string of the molecule is Cn1c2c(c3cc(-c4cccc(Cl)c4)ccc31)CN(C/C=C/c1ccc(Cl)cc1)CC2. The van der Waals surface area contributed by atoms with Crippen LogP contribution in [-0.2, 0) is 20.0 Å². The lowest BCUT2D eigenvalue weighted by molar-refractivity contribution is 0.280. The molecule has 2 nitrogen and oxygen atoms in total. The van der Waals surface area contributed by atoms with Gasteiger partial charge in [0, 0.05) is 59.7 Å². The van der Waals surface area contributed by atoms with Crippen LogP contribution in [0.3, 0.4) is 0 Å². The maximum Gasteiger partial charge on any atom is 0.0483 e. The van der Waals surface area contributed by atoms with E-state index < -0.39 is 0 Å². The van der Waals surface area contributed by atoms with Gasteiger partial charge in [0.05, 0.1) is 0 Å². The van der Waals surface area contributed by atoms with E-state index in [0.29, 0.717) is 0 Å². The summed E-state index contributed by atoms with van der Waals surface area (Å²) in [5.41, 5.74) is 7.75. The molecule has 2 heterocycles. The number of fused-ring (bicyclic) bond motifs is 3. The topological polar surface area (TPSA) is 8.17 Å². The molecule has 0 fully saturated rings. The summed E-state index contributed by atoms with van der Waals surface area (Å²) in [5.74, 6) is 0. The second-order valence-electron chi connectivity index (χ2n) is 8.17. The van der Waals surface area contributed by atoms with Gasteiger partial charge in [0.15, 0.2) is 0 Å². The first-order chi connectivity index (χ1) is 15.1. The molecule has 0 radical (unpaired) electrons. The zero-order valence-electron chi connectivity index (χ0n) is 17.5. The Kier molecular flexibility index (Phi) is 5.62. The van der Waals surface area contributed by atoms with Crippen LogP contribution in [0.1, 0.15) is 16.8 Å². The van der Waals surface area contributed by atoms with Crippen LogP contribution < -0.4 is 0 Å². The van der Waals surface area contributed by atoms with Gasteiger partial charge in [-0.1, -0.05) is 65.7 Å². The summed E-state index contributed by atoms with van der Waals surface area (Å²) in [6.07, 6.45) is 5.49. The number of halogens is 2. The average molecular weight is 447 g/mol. The Bertz CT molecular complexity index is 1270. The predicted octanol–water partition coefficient (Wildman–Crippen LogP) is 7.22. The third kappa shape index (κ3) is 4.16. The summed E-state index contributed by atoms with van der Waals surface area (Å²) < 4.78 is 2.37. The highest BCUT2D eigenvalue weighted by Gasteiger charge is 2.22. The Morgan fingerprint density at radius 3 is 2.52 bits per heavy atom. The summed E-state index contributed by atoms with van der Waals surface area (Å²) >= 11 is 12.2. The van der Waals surface area contributed by atoms with Gasteiger partial charge in [0.2, 0.25) is 0 Å². The molecule has 0 amide bonds. The highest BCUT2D eigenvalue weighted by atomic mass is 35.5. The minimum absolute atomic E-state index is 0.770. The standard InChI is InChI=1S/C27H24Cl2N2/c1-30-26-12-9-21(20-5-2-6-23(29)16-20)17-24(26)25-18-31(15-13-27(25)30)14-3-4-19-7-10-22(28)11-8-19/h2-12,16-17H,13-15,18H2,1H3/b4-3+. The smallest absolute Gasteiger partial charge is 0.0483 e. The number of rotatable bonds is 4. The molecule has 1 aliphatic heterocycles. The molecule has 3 aromatic carbocycles. The molecule has 156 valence electrons. The van der Waals surface area contributed by atoms with Crippen LogP contribution in [0.25, 0.3) is 28.1 Å². The number of nitrogens with zero attached hydrogens (tertiary/aromatic N) is 2. The first-order valence-corrected chi connectivity index (χ1v) is 11.3. The van der Waals surface area contributed by atoms with Crippen molar-refractivity contribution in [3.8, 4) is 11.1 Å². The largest absolute Gasteiger partial charge is 0.347 e. The molecule has 0 atom stereocenters. The zero-order valence-corrected chi connectivity index (χ0v) is 19.0. The number of benzene rings is 3. The van der Waals surface area contributed by atoms with Crippen LogP contribution >= 0.6 is 23.2 Å². The van der Waals surface area contributed by atoms with Gasteiger partial charge >= 0.3 is 0 Å². The van der Waals surface area contributed by atoms with Gasteiger partial charge in [-0.2, -0.15) is 0 Å². The van der Waals surface area contributed by atoms with Crippen LogP contribution in [0.15, 0.2) is 72.8 Å². The van der Waals surface area contributed by atoms with Crippen molar-refractivity contribution in [1.82, 2.24) is 9.47 Å². The third-order valence-electron chi connectivity index (χ3n) is 6.18. The van der Waals surface area contributed by atoms with Gasteiger partial charge in [-0.25, -0.2) is 0 Å². The number of aromatic nitrogens is 1. The van der Waals surface area contributed by atoms with Crippen molar-refractivity contribution in [2.45, 2.75) is 13.0 Å². The summed E-state index contributed by atoms with van der Waals surface area (Å²) in [5, 5.41) is 2.89. The summed E-state index contributed by atoms with van der Waals surface area (Å²) in [7, 11) is 2.19. The van der Waals surface area contributed by atoms with Crippen molar-refractivity contribution in [1.29, 1.82) is 0 Å². The first kappa shape index (κ1) is 20.4. The first-order valence-electron chi connectivity index (χ1n) is 10.6. The van der Waals surface area contributed by atoms with E-state index in [1.165, 1.54) is 33.3 Å². The molecule has 0 aliphatic carbocycles. The van der Waals surface area contributed by atoms with E-state index in [9.17, 15) is 0 Å². The molecule has 0 unspecified atom stereocenters. The lowest BCUT2D eigenvalue weighted by Gasteiger charge is -2.26. The lowest BCUT2D eigenvalue weighted by Crippen LogP contribution is -2.31. The molecular formula is C27H24Cl2N2. The van der Waals surface area contributed by atoms with Crippen molar-refractivity contribution in [3.63, 3.8) is 0 Å². The van der Waals surface area contributed by atoms with Crippen molar-refractivity contribution in [2.75, 3.05) is 13.1 Å². The molecule has 0 spiro atoms. The highest BCUT2D eigenvalue weighted by Crippen LogP contribution is 2.34. The molecule has 5 rings (SSSR count). The molecule has 1 aromatic heterocycles. The second kappa shape index (κ2) is 8.55. The van der Waals surface area contributed by atoms with Gasteiger partial charge in [0.25, 0.3) is 0 Å². The fraction of sp³-hybridized carbons (Fsp3) is 0.185. The van der Waals surface area contributed by atoms with Crippen LogP contribution in [-0.4, -0.2) is 22.6 Å². The van der Waals surface area contributed by atoms with Crippen molar-refractivity contribution in [2.24, 2.45) is 7.05 Å². The van der Waals surface area contributed by atoms with E-state index in [-0.39, 0.29) is 0 Å². The van der Waals surface area contributed by atoms with E-state index in [4.69, 9.17) is 23.2 Å². The molecule has 1 aliphatic rings. The maximum atomic E-state index is 6.23. The minimum atomic E-state index is 0.770. The number of hydrogen-bond acceptors (Lipinski definition) is 1. The predicted molar refractivity (Wildman–Crippen MR) is 133 cm³/mol. The monoisotopic (exact) mass is 446 g/mol. The van der Waals surface area contributed by atoms with Gasteiger partial charge in [-0.15, -0.1) is 0 Å². The quantitative estimate of drug-likeness (QED) is 0.321. The zero-order chi connectivity index (χ0) is 21.4. The van der Waals surface area contributed by atoms with Crippen LogP contribution in [0.5, 0.6) is 0 Å². The molecular weight excluding hydrogens is 423 g/mol. The van der Waals surface area contributed by atoms with E-state index in [1.54, 1.807) is 0 Å². The van der Waals surface area contributed by atoms with Gasteiger partial charge in [-0.3, -0.25) is 4.90 Å². The molecule has 4 heteroatoms. The van der Waals surface area contributed by atoms with Gasteiger partial charge < -0.3 is 4.57 Å². The highest BCUT2D eigenvalue weighted by molar-refractivity contribution is 6.31. The summed E-state index contributed by atoms with van der Waals surface area (Å²) in [6, 6.07) is 22.8. The van der Waals surface area contributed by atoms with Crippen molar-refractivity contribution >= 4 is 40.2 Å². The molecule has 0 saturated heterocycles. The Morgan fingerprint density at radius 1 is 0.903 bits per heavy atom. The minimum Gasteiger partial charge on any atom is -0.347 e. The Hall–Kier alpha value is -2.52. The van der Waals surface area contributed by atoms with E-state index in [1.807, 2.05) is 30.3 Å². The fourth-order valence-corrected chi connectivity index (χ4v) is 4.87. The number of aryl methyl sites for hydroxylation is 1. The Morgan fingerprint density at radius 2 is 1.71 bits per heavy atom. The normalized spacial score (nSPS) is 14.4. The lowest BCUT2D eigenvalue weighted by atomic mass is 10.00.